The van der Waals surface area contributed by atoms with Crippen molar-refractivity contribution in [2.75, 3.05) is 6.54 Å². The Morgan fingerprint density at radius 3 is 2.92 bits per heavy atom. The predicted octanol–water partition coefficient (Wildman–Crippen LogP) is 1.54. The molecule has 0 radical (unpaired) electrons. The number of carbonyl (C=O) groups excluding carboxylic acids is 2. The molecule has 1 unspecified atom stereocenters. The van der Waals surface area contributed by atoms with Crippen molar-refractivity contribution in [3.8, 4) is 0 Å². The quantitative estimate of drug-likeness (QED) is 0.591. The summed E-state index contributed by atoms with van der Waals surface area (Å²) in [5.74, 6) is 0.186. The number of piperidine rings is 1. The molecule has 1 atom stereocenters. The Kier molecular flexibility index (Phi) is 2.92. The van der Waals surface area contributed by atoms with Gasteiger partial charge in [-0.2, -0.15) is 5.06 Å². The van der Waals surface area contributed by atoms with Crippen LogP contribution in [0.15, 0.2) is 0 Å². The monoisotopic (exact) mass is 191 g/mol. The zero-order chi connectivity index (χ0) is 9.14. The van der Waals surface area contributed by atoms with E-state index in [-0.39, 0.29) is 5.91 Å². The van der Waals surface area contributed by atoms with E-state index in [9.17, 15) is 9.59 Å². The molecule has 0 aromatic carbocycles. The van der Waals surface area contributed by atoms with Crippen LogP contribution in [-0.2, 0) is 9.63 Å². The van der Waals surface area contributed by atoms with Crippen molar-refractivity contribution in [2.45, 2.75) is 19.8 Å². The molecular formula is C7H10ClNO3. The summed E-state index contributed by atoms with van der Waals surface area (Å²) in [4.78, 5) is 25.9. The summed E-state index contributed by atoms with van der Waals surface area (Å²) in [6, 6.07) is 0. The summed E-state index contributed by atoms with van der Waals surface area (Å²) in [5, 5.41) is 1.02. The molecule has 68 valence electrons. The highest BCUT2D eigenvalue weighted by molar-refractivity contribution is 6.61. The highest BCUT2D eigenvalue weighted by Crippen LogP contribution is 2.17. The summed E-state index contributed by atoms with van der Waals surface area (Å²) in [5.41, 5.74) is -0.960. The lowest BCUT2D eigenvalue weighted by atomic mass is 10.0. The van der Waals surface area contributed by atoms with E-state index in [1.54, 1.807) is 0 Å². The van der Waals surface area contributed by atoms with Crippen LogP contribution in [0.25, 0.3) is 0 Å². The van der Waals surface area contributed by atoms with Crippen LogP contribution in [0.1, 0.15) is 19.8 Å². The van der Waals surface area contributed by atoms with E-state index in [2.05, 4.69) is 4.84 Å². The second-order valence-corrected chi connectivity index (χ2v) is 3.23. The first-order valence-electron chi connectivity index (χ1n) is 3.77. The number of carbonyl (C=O) groups is 2. The number of hydrogen-bond donors (Lipinski definition) is 0. The zero-order valence-electron chi connectivity index (χ0n) is 6.75. The lowest BCUT2D eigenvalue weighted by molar-refractivity contribution is -0.169. The number of nitrogens with zero attached hydrogens (tertiary/aromatic N) is 1. The molecule has 1 rings (SSSR count). The van der Waals surface area contributed by atoms with E-state index in [4.69, 9.17) is 11.6 Å². The van der Waals surface area contributed by atoms with E-state index >= 15 is 0 Å². The normalized spacial score (nSPS) is 24.0. The number of rotatable bonds is 1. The third kappa shape index (κ3) is 2.37. The van der Waals surface area contributed by atoms with Crippen LogP contribution >= 0.6 is 11.6 Å². The average molecular weight is 192 g/mol. The Morgan fingerprint density at radius 2 is 2.42 bits per heavy atom. The van der Waals surface area contributed by atoms with Gasteiger partial charge in [-0.05, 0) is 12.3 Å². The van der Waals surface area contributed by atoms with Crippen molar-refractivity contribution >= 4 is 22.9 Å². The summed E-state index contributed by atoms with van der Waals surface area (Å²) >= 11 is 4.96. The smallest absolute Gasteiger partial charge is 0.323 e. The molecule has 1 aliphatic heterocycles. The van der Waals surface area contributed by atoms with Crippen LogP contribution in [0, 0.1) is 5.92 Å². The van der Waals surface area contributed by atoms with Gasteiger partial charge in [0.15, 0.2) is 0 Å². The fraction of sp³-hybridized carbons (Fsp3) is 0.714. The Bertz CT molecular complexity index is 207. The van der Waals surface area contributed by atoms with Gasteiger partial charge in [0.25, 0.3) is 5.91 Å². The van der Waals surface area contributed by atoms with Crippen molar-refractivity contribution in [3.05, 3.63) is 0 Å². The molecule has 0 saturated carbocycles. The maximum absolute atomic E-state index is 11.1. The molecule has 0 bridgehead atoms. The van der Waals surface area contributed by atoms with Gasteiger partial charge in [0.1, 0.15) is 0 Å². The first-order chi connectivity index (χ1) is 5.59. The summed E-state index contributed by atoms with van der Waals surface area (Å²) in [6.45, 7) is 2.43. The van der Waals surface area contributed by atoms with Crippen LogP contribution in [0.3, 0.4) is 0 Å². The highest BCUT2D eigenvalue weighted by atomic mass is 35.5. The topological polar surface area (TPSA) is 46.6 Å². The van der Waals surface area contributed by atoms with Crippen LogP contribution in [0.4, 0.5) is 4.79 Å². The molecule has 4 nitrogen and oxygen atoms in total. The summed E-state index contributed by atoms with van der Waals surface area (Å²) in [6.07, 6.45) is 1.26. The van der Waals surface area contributed by atoms with Crippen LogP contribution in [-0.4, -0.2) is 22.9 Å². The molecule has 0 aliphatic carbocycles. The largest absolute Gasteiger partial charge is 0.428 e. The predicted molar refractivity (Wildman–Crippen MR) is 42.4 cm³/mol. The third-order valence-electron chi connectivity index (χ3n) is 1.81. The molecule has 1 amide bonds. The highest BCUT2D eigenvalue weighted by Gasteiger charge is 2.25. The summed E-state index contributed by atoms with van der Waals surface area (Å²) in [7, 11) is 0. The van der Waals surface area contributed by atoms with E-state index in [1.807, 2.05) is 6.92 Å². The fourth-order valence-electron chi connectivity index (χ4n) is 1.15. The zero-order valence-corrected chi connectivity index (χ0v) is 7.50. The van der Waals surface area contributed by atoms with Crippen molar-refractivity contribution < 1.29 is 14.4 Å². The van der Waals surface area contributed by atoms with Crippen molar-refractivity contribution in [1.82, 2.24) is 5.06 Å². The lowest BCUT2D eigenvalue weighted by Gasteiger charge is -2.27. The van der Waals surface area contributed by atoms with Gasteiger partial charge in [-0.25, -0.2) is 4.79 Å². The SMILES string of the molecule is CC1CCN(OC(=O)Cl)C(=O)C1. The Hall–Kier alpha value is -0.770. The maximum atomic E-state index is 11.1. The fourth-order valence-corrected chi connectivity index (χ4v) is 1.23. The second kappa shape index (κ2) is 3.76. The van der Waals surface area contributed by atoms with E-state index in [0.717, 1.165) is 11.5 Å². The molecule has 0 N–H and O–H groups in total. The van der Waals surface area contributed by atoms with Gasteiger partial charge < -0.3 is 4.84 Å². The van der Waals surface area contributed by atoms with E-state index in [0.29, 0.717) is 18.9 Å². The lowest BCUT2D eigenvalue weighted by Crippen LogP contribution is -2.38. The molecular weight excluding hydrogens is 182 g/mol. The molecule has 1 aliphatic rings. The molecule has 0 aromatic rings. The van der Waals surface area contributed by atoms with Crippen molar-refractivity contribution in [3.63, 3.8) is 0 Å². The molecule has 0 spiro atoms. The van der Waals surface area contributed by atoms with Gasteiger partial charge in [-0.15, -0.1) is 0 Å². The first kappa shape index (κ1) is 9.32. The third-order valence-corrected chi connectivity index (χ3v) is 1.88. The van der Waals surface area contributed by atoms with Crippen molar-refractivity contribution in [1.29, 1.82) is 0 Å². The molecule has 1 fully saturated rings. The molecule has 1 heterocycles. The standard InChI is InChI=1S/C7H10ClNO3/c1-5-2-3-9(6(10)4-5)12-7(8)11/h5H,2-4H2,1H3. The Balaban J connectivity index is 2.45. The van der Waals surface area contributed by atoms with Gasteiger partial charge in [-0.1, -0.05) is 6.92 Å². The molecule has 12 heavy (non-hydrogen) atoms. The maximum Gasteiger partial charge on any atom is 0.428 e. The van der Waals surface area contributed by atoms with Gasteiger partial charge in [-0.3, -0.25) is 4.79 Å². The van der Waals surface area contributed by atoms with Gasteiger partial charge >= 0.3 is 5.43 Å². The summed E-state index contributed by atoms with van der Waals surface area (Å²) < 4.78 is 0. The Labute approximate surface area is 75.4 Å². The van der Waals surface area contributed by atoms with Crippen LogP contribution < -0.4 is 0 Å². The first-order valence-corrected chi connectivity index (χ1v) is 4.15. The van der Waals surface area contributed by atoms with Gasteiger partial charge in [0.2, 0.25) is 0 Å². The molecule has 5 heteroatoms. The number of amides is 1. The number of hydroxylamine groups is 2. The molecule has 0 aromatic heterocycles. The van der Waals surface area contributed by atoms with Gasteiger partial charge in [0.05, 0.1) is 6.54 Å². The Morgan fingerprint density at radius 1 is 1.75 bits per heavy atom. The number of halogens is 1. The van der Waals surface area contributed by atoms with Gasteiger partial charge in [0, 0.05) is 18.0 Å². The minimum atomic E-state index is -0.960. The number of hydrogen-bond acceptors (Lipinski definition) is 3. The minimum absolute atomic E-state index is 0.178. The average Bonchev–Trinajstić information content (AvgIpc) is 1.94. The van der Waals surface area contributed by atoms with Crippen LogP contribution in [0.2, 0.25) is 0 Å². The van der Waals surface area contributed by atoms with E-state index < -0.39 is 5.43 Å². The van der Waals surface area contributed by atoms with E-state index in [1.165, 1.54) is 0 Å². The van der Waals surface area contributed by atoms with Crippen molar-refractivity contribution in [2.24, 2.45) is 5.92 Å². The minimum Gasteiger partial charge on any atom is -0.323 e. The molecule has 1 saturated heterocycles. The second-order valence-electron chi connectivity index (χ2n) is 2.92. The van der Waals surface area contributed by atoms with Crippen LogP contribution in [0.5, 0.6) is 0 Å².